The van der Waals surface area contributed by atoms with Crippen molar-refractivity contribution in [2.24, 2.45) is 5.11 Å². The number of nitrogens with zero attached hydrogens (tertiary/aromatic N) is 5. The summed E-state index contributed by atoms with van der Waals surface area (Å²) >= 11 is 0. The molecule has 6 aromatic carbocycles. The van der Waals surface area contributed by atoms with Crippen molar-refractivity contribution < 1.29 is 95.5 Å². The molecule has 2 aromatic heterocycles. The molecule has 0 saturated heterocycles. The SMILES string of the molecule is CCc1c2c(nc3ccc(O)cc13)-c1cc3c(c(=O)n1C2)COC(=O)[C@@]3(CC)OC(=O)OCc1ccc(NC(=O)[C@H](CCCCNC(c2ccccc2)(c2ccccc2)c2ccc(OC)cc2)NC(=O)[C@H](Cc2ccccc2)NC(=O)COCC(=O)NCCOCCOCCOCCOCCOCCOCCOCCOCCN=[N+]=[N-])cc1. The second-order valence-corrected chi connectivity index (χ2v) is 27.6. The summed E-state index contributed by atoms with van der Waals surface area (Å²) in [5.41, 5.74) is 13.0. The Morgan fingerprint density at radius 1 is 0.619 bits per heavy atom. The lowest BCUT2D eigenvalue weighted by Gasteiger charge is -2.37. The number of hydrogen-bond donors (Lipinski definition) is 6. The van der Waals surface area contributed by atoms with Gasteiger partial charge in [-0.3, -0.25) is 29.3 Å². The second kappa shape index (κ2) is 47.3. The number of aryl methyl sites for hydroxylation is 1. The Bertz CT molecular complexity index is 4620. The van der Waals surface area contributed by atoms with Gasteiger partial charge in [0.05, 0.1) is 147 Å². The van der Waals surface area contributed by atoms with Crippen LogP contribution in [0.15, 0.2) is 174 Å². The molecule has 0 bridgehead atoms. The van der Waals surface area contributed by atoms with Crippen LogP contribution in [0.4, 0.5) is 10.5 Å². The van der Waals surface area contributed by atoms with Crippen molar-refractivity contribution in [1.82, 2.24) is 30.8 Å². The molecule has 0 spiro atoms. The van der Waals surface area contributed by atoms with Gasteiger partial charge in [0.15, 0.2) is 0 Å². The normalized spacial score (nSPS) is 13.9. The summed E-state index contributed by atoms with van der Waals surface area (Å²) in [6.07, 6.45) is 0.412. The van der Waals surface area contributed by atoms with Crippen LogP contribution >= 0.6 is 0 Å². The molecule has 2 aliphatic rings. The van der Waals surface area contributed by atoms with Crippen molar-refractivity contribution in [3.8, 4) is 22.9 Å². The third-order valence-corrected chi connectivity index (χ3v) is 19.8. The number of carbonyl (C=O) groups is 6. The number of carbonyl (C=O) groups excluding carboxylic acids is 6. The summed E-state index contributed by atoms with van der Waals surface area (Å²) in [6.45, 7) is 9.05. The van der Waals surface area contributed by atoms with E-state index in [2.05, 4.69) is 60.9 Å². The number of aromatic hydroxyl groups is 1. The number of rotatable bonds is 53. The number of nitrogens with one attached hydrogen (secondary N) is 5. The smallest absolute Gasteiger partial charge is 0.508 e. The van der Waals surface area contributed by atoms with E-state index in [4.69, 9.17) is 72.1 Å². The molecule has 118 heavy (non-hydrogen) atoms. The van der Waals surface area contributed by atoms with E-state index in [0.717, 1.165) is 33.2 Å². The van der Waals surface area contributed by atoms with Gasteiger partial charge >= 0.3 is 12.1 Å². The van der Waals surface area contributed by atoms with Gasteiger partial charge in [-0.05, 0) is 126 Å². The number of methoxy groups -OCH3 is 1. The Morgan fingerprint density at radius 3 is 1.78 bits per heavy atom. The zero-order valence-electron chi connectivity index (χ0n) is 66.8. The molecule has 4 amide bonds. The molecule has 10 rings (SSSR count). The molecule has 0 unspecified atom stereocenters. The second-order valence-electron chi connectivity index (χ2n) is 27.6. The van der Waals surface area contributed by atoms with E-state index in [1.807, 2.05) is 85.8 Å². The Hall–Kier alpha value is -11.2. The third kappa shape index (κ3) is 25.4. The van der Waals surface area contributed by atoms with Crippen molar-refractivity contribution in [1.29, 1.82) is 0 Å². The van der Waals surface area contributed by atoms with Crippen LogP contribution < -0.4 is 36.9 Å². The maximum atomic E-state index is 14.8. The summed E-state index contributed by atoms with van der Waals surface area (Å²) in [5.74, 6) is -2.51. The summed E-state index contributed by atoms with van der Waals surface area (Å²) in [5, 5.41) is 29.8. The van der Waals surface area contributed by atoms with Crippen LogP contribution in [0.25, 0.3) is 32.7 Å². The molecule has 0 radical (unpaired) electrons. The summed E-state index contributed by atoms with van der Waals surface area (Å²) < 4.78 is 73.7. The molecule has 6 N–H and O–H groups in total. The van der Waals surface area contributed by atoms with E-state index >= 15 is 0 Å². The number of phenols is 1. The Morgan fingerprint density at radius 2 is 1.19 bits per heavy atom. The van der Waals surface area contributed by atoms with Crippen molar-refractivity contribution in [2.75, 3.05) is 151 Å². The largest absolute Gasteiger partial charge is 0.510 e. The first-order valence-electron chi connectivity index (χ1n) is 39.6. The molecule has 4 heterocycles. The molecular weight excluding hydrogens is 1520 g/mol. The van der Waals surface area contributed by atoms with E-state index in [1.165, 1.54) is 0 Å². The topological polar surface area (TPSA) is 386 Å². The van der Waals surface area contributed by atoms with Gasteiger partial charge in [-0.1, -0.05) is 134 Å². The molecule has 8 aromatic rings. The van der Waals surface area contributed by atoms with E-state index in [-0.39, 0.29) is 75.7 Å². The predicted octanol–water partition coefficient (Wildman–Crippen LogP) is 9.20. The number of hydrogen-bond acceptors (Lipinski definition) is 24. The maximum Gasteiger partial charge on any atom is 0.510 e. The van der Waals surface area contributed by atoms with Crippen molar-refractivity contribution in [2.45, 2.75) is 95.4 Å². The van der Waals surface area contributed by atoms with E-state index in [0.29, 0.717) is 164 Å². The highest BCUT2D eigenvalue weighted by molar-refractivity contribution is 5.99. The van der Waals surface area contributed by atoms with Gasteiger partial charge in [0.2, 0.25) is 29.2 Å². The van der Waals surface area contributed by atoms with Gasteiger partial charge in [-0.2, -0.15) is 0 Å². The number of anilines is 1. The van der Waals surface area contributed by atoms with Crippen LogP contribution in [0, 0.1) is 0 Å². The lowest BCUT2D eigenvalue weighted by Crippen LogP contribution is -2.54. The minimum atomic E-state index is -2.05. The van der Waals surface area contributed by atoms with Crippen molar-refractivity contribution in [3.05, 3.63) is 235 Å². The quantitative estimate of drug-likeness (QED) is 0.00516. The van der Waals surface area contributed by atoms with E-state index in [9.17, 15) is 38.7 Å². The van der Waals surface area contributed by atoms with Crippen LogP contribution in [-0.2, 0) is 125 Å². The van der Waals surface area contributed by atoms with E-state index < -0.39 is 77.8 Å². The van der Waals surface area contributed by atoms with Crippen LogP contribution in [-0.4, -0.2) is 208 Å². The summed E-state index contributed by atoms with van der Waals surface area (Å²) in [6, 6.07) is 47.8. The first-order valence-corrected chi connectivity index (χ1v) is 39.6. The third-order valence-electron chi connectivity index (χ3n) is 19.8. The Kier molecular flexibility index (Phi) is 35.7. The van der Waals surface area contributed by atoms with Crippen LogP contribution in [0.5, 0.6) is 11.5 Å². The average Bonchev–Trinajstić information content (AvgIpc) is 1.52. The number of esters is 1. The van der Waals surface area contributed by atoms with Crippen molar-refractivity contribution in [3.63, 3.8) is 0 Å². The number of fused-ring (bicyclic) bond motifs is 5. The summed E-state index contributed by atoms with van der Waals surface area (Å²) in [7, 11) is 1.62. The average molecular weight is 1630 g/mol. The molecule has 0 saturated carbocycles. The number of pyridine rings is 2. The van der Waals surface area contributed by atoms with Crippen LogP contribution in [0.1, 0.15) is 89.6 Å². The molecule has 31 nitrogen and oxygen atoms in total. The lowest BCUT2D eigenvalue weighted by molar-refractivity contribution is -0.175. The van der Waals surface area contributed by atoms with Crippen LogP contribution in [0.2, 0.25) is 0 Å². The molecule has 0 fully saturated rings. The predicted molar refractivity (Wildman–Crippen MR) is 436 cm³/mol. The van der Waals surface area contributed by atoms with Gasteiger partial charge in [0.25, 0.3) is 5.56 Å². The van der Waals surface area contributed by atoms with E-state index in [1.54, 1.807) is 79.3 Å². The van der Waals surface area contributed by atoms with Gasteiger partial charge in [0, 0.05) is 46.6 Å². The first-order chi connectivity index (χ1) is 57.7. The molecule has 0 aliphatic carbocycles. The zero-order valence-corrected chi connectivity index (χ0v) is 66.8. The molecule has 31 heteroatoms. The Balaban J connectivity index is 0.704. The van der Waals surface area contributed by atoms with Crippen LogP contribution in [0.3, 0.4) is 0 Å². The number of benzene rings is 6. The zero-order chi connectivity index (χ0) is 83.2. The number of cyclic esters (lactones) is 1. The Labute approximate surface area is 684 Å². The standard InChI is InChI=1S/C87H104N10O21/c1-4-69-70-54-67(98)30-33-74(70)94-80-71(69)56-97-77(80)55-73-72(83(97)103)58-116-84(104)86(73,5-2)118-85(105)117-57-62-24-28-66(29-25-62)92-81(101)75(23-15-16-34-90-87(63-19-11-7-12-20-63,64-21-13-8-14-22-64)65-26-31-68(106-3)32-27-65)95-82(102)76(53-61-17-9-6-10-18-61)93-79(100)60-115-59-78(99)89-35-37-107-39-41-109-43-45-111-47-49-113-51-52-114-50-48-112-46-44-110-42-40-108-38-36-91-96-88/h6-14,17-22,24-33,54-55,75-76,90,98H,4-5,15-16,23,34-53,56-60H2,1-3H3,(H,89,99)(H,92,101)(H,93,100)(H,95,102)/t75-,76-,86-/m0/s1. The minimum Gasteiger partial charge on any atom is -0.508 e. The highest BCUT2D eigenvalue weighted by Crippen LogP contribution is 2.43. The maximum absolute atomic E-state index is 14.8. The van der Waals surface area contributed by atoms with Gasteiger partial charge < -0.3 is 92.5 Å². The van der Waals surface area contributed by atoms with Gasteiger partial charge in [-0.15, -0.1) is 0 Å². The number of ether oxygens (including phenoxy) is 13. The minimum absolute atomic E-state index is 0.0319. The number of azide groups is 1. The molecule has 3 atom stereocenters. The molecule has 628 valence electrons. The highest BCUT2D eigenvalue weighted by atomic mass is 16.7. The highest BCUT2D eigenvalue weighted by Gasteiger charge is 2.51. The fourth-order valence-electron chi connectivity index (χ4n) is 13.9. The van der Waals surface area contributed by atoms with Gasteiger partial charge in [0.1, 0.15) is 50.0 Å². The van der Waals surface area contributed by atoms with Gasteiger partial charge in [-0.25, -0.2) is 14.6 Å². The molecular formula is C87H104N10O21. The number of aromatic nitrogens is 2. The number of unbranched alkanes of at least 4 members (excludes halogenated alkanes) is 1. The fourth-order valence-corrected chi connectivity index (χ4v) is 13.9. The summed E-state index contributed by atoms with van der Waals surface area (Å²) in [4.78, 5) is 106. The lowest BCUT2D eigenvalue weighted by atomic mass is 9.77. The number of phenolic OH excluding ortho intramolecular Hbond substituents is 1. The van der Waals surface area contributed by atoms with Crippen molar-refractivity contribution >= 4 is 52.3 Å². The number of amides is 4. The first kappa shape index (κ1) is 89.2. The molecule has 2 aliphatic heterocycles. The fraction of sp³-hybridized carbons (Fsp3) is 0.425. The monoisotopic (exact) mass is 1620 g/mol.